The molecule has 0 radical (unpaired) electrons. The first-order chi connectivity index (χ1) is 9.48. The summed E-state index contributed by atoms with van der Waals surface area (Å²) in [6, 6.07) is 0.252. The number of nitrogens with one attached hydrogen (secondary N) is 1. The first-order valence-electron chi connectivity index (χ1n) is 7.58. The maximum atomic E-state index is 4.37. The van der Waals surface area contributed by atoms with Crippen LogP contribution in [0.2, 0.25) is 0 Å². The van der Waals surface area contributed by atoms with Crippen LogP contribution in [0.25, 0.3) is 0 Å². The Morgan fingerprint density at radius 3 is 2.30 bits per heavy atom. The molecule has 0 aliphatic carbocycles. The highest BCUT2D eigenvalue weighted by Crippen LogP contribution is 2.35. The molecular weight excluding hydrogens is 316 g/mol. The average Bonchev–Trinajstić information content (AvgIpc) is 2.64. The minimum absolute atomic E-state index is 0.0649. The predicted molar refractivity (Wildman–Crippen MR) is 86.8 cm³/mol. The second kappa shape index (κ2) is 6.58. The second-order valence-electron chi connectivity index (χ2n) is 6.28. The topological polar surface area (TPSA) is 33.1 Å². The van der Waals surface area contributed by atoms with Gasteiger partial charge < -0.3 is 5.32 Å². The van der Waals surface area contributed by atoms with E-state index in [9.17, 15) is 0 Å². The molecule has 1 N–H and O–H groups in total. The van der Waals surface area contributed by atoms with Crippen molar-refractivity contribution in [2.75, 3.05) is 20.1 Å². The van der Waals surface area contributed by atoms with E-state index in [4.69, 9.17) is 0 Å². The highest BCUT2D eigenvalue weighted by Gasteiger charge is 2.38. The normalized spacial score (nSPS) is 19.9. The van der Waals surface area contributed by atoms with Gasteiger partial charge in [-0.15, -0.1) is 0 Å². The molecule has 0 saturated carbocycles. The Labute approximate surface area is 131 Å². The summed E-state index contributed by atoms with van der Waals surface area (Å²) in [4.78, 5) is 2.64. The van der Waals surface area contributed by atoms with Crippen molar-refractivity contribution >= 4 is 15.9 Å². The van der Waals surface area contributed by atoms with Gasteiger partial charge in [-0.1, -0.05) is 12.8 Å². The summed E-state index contributed by atoms with van der Waals surface area (Å²) in [6.45, 7) is 7.08. The van der Waals surface area contributed by atoms with Crippen molar-refractivity contribution in [1.29, 1.82) is 0 Å². The van der Waals surface area contributed by atoms with Crippen LogP contribution in [0.15, 0.2) is 10.7 Å². The van der Waals surface area contributed by atoms with Crippen molar-refractivity contribution < 1.29 is 0 Å². The summed E-state index contributed by atoms with van der Waals surface area (Å²) in [5.74, 6) is 0. The molecule has 1 aromatic heterocycles. The molecule has 2 rings (SSSR count). The second-order valence-corrected chi connectivity index (χ2v) is 7.13. The van der Waals surface area contributed by atoms with E-state index >= 15 is 0 Å². The highest BCUT2D eigenvalue weighted by molar-refractivity contribution is 9.10. The van der Waals surface area contributed by atoms with Gasteiger partial charge in [0, 0.05) is 12.6 Å². The number of aryl methyl sites for hydroxylation is 1. The van der Waals surface area contributed by atoms with Gasteiger partial charge in [-0.05, 0) is 62.8 Å². The smallest absolute Gasteiger partial charge is 0.0711 e. The van der Waals surface area contributed by atoms with Gasteiger partial charge in [-0.2, -0.15) is 5.10 Å². The molecule has 1 fully saturated rings. The Morgan fingerprint density at radius 2 is 1.85 bits per heavy atom. The SMILES string of the molecule is CNC(c1c(Br)cnn1C)C(C)(C)N1CCCCCC1. The Bertz CT molecular complexity index is 414. The first-order valence-corrected chi connectivity index (χ1v) is 8.37. The number of nitrogens with zero attached hydrogens (tertiary/aromatic N) is 3. The lowest BCUT2D eigenvalue weighted by atomic mass is 9.89. The Kier molecular flexibility index (Phi) is 5.26. The number of halogens is 1. The zero-order valence-electron chi connectivity index (χ0n) is 13.1. The Balaban J connectivity index is 2.28. The van der Waals surface area contributed by atoms with Crippen LogP contribution < -0.4 is 5.32 Å². The van der Waals surface area contributed by atoms with Crippen molar-refractivity contribution in [3.05, 3.63) is 16.4 Å². The maximum Gasteiger partial charge on any atom is 0.0711 e. The van der Waals surface area contributed by atoms with Gasteiger partial charge in [0.1, 0.15) is 0 Å². The Morgan fingerprint density at radius 1 is 1.25 bits per heavy atom. The van der Waals surface area contributed by atoms with Gasteiger partial charge >= 0.3 is 0 Å². The van der Waals surface area contributed by atoms with Gasteiger partial charge in [0.2, 0.25) is 0 Å². The zero-order chi connectivity index (χ0) is 14.8. The maximum absolute atomic E-state index is 4.37. The van der Waals surface area contributed by atoms with Gasteiger partial charge in [-0.25, -0.2) is 0 Å². The summed E-state index contributed by atoms with van der Waals surface area (Å²) in [5.41, 5.74) is 1.29. The highest BCUT2D eigenvalue weighted by atomic mass is 79.9. The van der Waals surface area contributed by atoms with E-state index in [0.717, 1.165) is 4.47 Å². The number of hydrogen-bond donors (Lipinski definition) is 1. The minimum Gasteiger partial charge on any atom is -0.310 e. The van der Waals surface area contributed by atoms with Gasteiger partial charge in [0.15, 0.2) is 0 Å². The minimum atomic E-state index is 0.0649. The van der Waals surface area contributed by atoms with Crippen molar-refractivity contribution in [1.82, 2.24) is 20.0 Å². The molecule has 0 spiro atoms. The molecule has 0 bridgehead atoms. The fraction of sp³-hybridized carbons (Fsp3) is 0.800. The van der Waals surface area contributed by atoms with E-state index in [-0.39, 0.29) is 11.6 Å². The molecule has 1 aromatic rings. The number of hydrogen-bond acceptors (Lipinski definition) is 3. The molecule has 0 amide bonds. The number of rotatable bonds is 4. The zero-order valence-corrected chi connectivity index (χ0v) is 14.7. The Hall–Kier alpha value is -0.390. The lowest BCUT2D eigenvalue weighted by Gasteiger charge is -2.44. The number of likely N-dealkylation sites (tertiary alicyclic amines) is 1. The molecule has 1 aliphatic heterocycles. The first kappa shape index (κ1) is 16.0. The third-order valence-corrected chi connectivity index (χ3v) is 5.24. The van der Waals surface area contributed by atoms with E-state index in [0.29, 0.717) is 0 Å². The van der Waals surface area contributed by atoms with E-state index in [1.165, 1.54) is 44.5 Å². The molecule has 1 saturated heterocycles. The molecule has 5 heteroatoms. The van der Waals surface area contributed by atoms with Gasteiger partial charge in [0.05, 0.1) is 22.4 Å². The molecule has 20 heavy (non-hydrogen) atoms. The summed E-state index contributed by atoms with van der Waals surface area (Å²) in [7, 11) is 4.06. The average molecular weight is 343 g/mol. The lowest BCUT2D eigenvalue weighted by molar-refractivity contribution is 0.0831. The van der Waals surface area contributed by atoms with Gasteiger partial charge in [0.25, 0.3) is 0 Å². The lowest BCUT2D eigenvalue weighted by Crippen LogP contribution is -2.53. The van der Waals surface area contributed by atoms with Crippen LogP contribution in [-0.2, 0) is 7.05 Å². The third kappa shape index (κ3) is 3.10. The predicted octanol–water partition coefficient (Wildman–Crippen LogP) is 3.10. The van der Waals surface area contributed by atoms with Crippen molar-refractivity contribution in [3.8, 4) is 0 Å². The largest absolute Gasteiger partial charge is 0.310 e. The monoisotopic (exact) mass is 342 g/mol. The molecule has 4 nitrogen and oxygen atoms in total. The molecule has 2 heterocycles. The molecule has 1 aliphatic rings. The quantitative estimate of drug-likeness (QED) is 0.912. The molecular formula is C15H27BrN4. The van der Waals surface area contributed by atoms with E-state index in [1.54, 1.807) is 0 Å². The van der Waals surface area contributed by atoms with Crippen molar-refractivity contribution in [3.63, 3.8) is 0 Å². The summed E-state index contributed by atoms with van der Waals surface area (Å²) in [6.07, 6.45) is 7.25. The van der Waals surface area contributed by atoms with Crippen LogP contribution in [-0.4, -0.2) is 40.4 Å². The summed E-state index contributed by atoms with van der Waals surface area (Å²) in [5, 5.41) is 7.89. The van der Waals surface area contributed by atoms with Crippen LogP contribution in [0.1, 0.15) is 51.3 Å². The summed E-state index contributed by atoms with van der Waals surface area (Å²) < 4.78 is 3.06. The fourth-order valence-electron chi connectivity index (χ4n) is 3.40. The third-order valence-electron chi connectivity index (χ3n) is 4.63. The van der Waals surface area contributed by atoms with Crippen LogP contribution >= 0.6 is 15.9 Å². The van der Waals surface area contributed by atoms with Crippen LogP contribution in [0.5, 0.6) is 0 Å². The summed E-state index contributed by atoms with van der Waals surface area (Å²) >= 11 is 3.65. The number of aromatic nitrogens is 2. The molecule has 114 valence electrons. The van der Waals surface area contributed by atoms with Crippen molar-refractivity contribution in [2.24, 2.45) is 7.05 Å². The van der Waals surface area contributed by atoms with Crippen LogP contribution in [0.3, 0.4) is 0 Å². The standard InChI is InChI=1S/C15H27BrN4/c1-15(2,20-9-7-5-6-8-10-20)14(17-3)13-12(16)11-18-19(13)4/h11,14,17H,5-10H2,1-4H3. The number of likely N-dealkylation sites (N-methyl/N-ethyl adjacent to an activating group) is 1. The fourth-order valence-corrected chi connectivity index (χ4v) is 3.98. The molecule has 1 unspecified atom stereocenters. The van der Waals surface area contributed by atoms with Gasteiger partial charge in [-0.3, -0.25) is 9.58 Å². The van der Waals surface area contributed by atoms with Crippen molar-refractivity contribution in [2.45, 2.75) is 51.1 Å². The van der Waals surface area contributed by atoms with E-state index in [2.05, 4.69) is 45.1 Å². The van der Waals surface area contributed by atoms with Crippen LogP contribution in [0, 0.1) is 0 Å². The van der Waals surface area contributed by atoms with Crippen LogP contribution in [0.4, 0.5) is 0 Å². The molecule has 0 aromatic carbocycles. The molecule has 1 atom stereocenters. The van der Waals surface area contributed by atoms with E-state index < -0.39 is 0 Å². The van der Waals surface area contributed by atoms with E-state index in [1.807, 2.05) is 25.0 Å².